The van der Waals surface area contributed by atoms with Crippen LogP contribution in [0.5, 0.6) is 0 Å². The Hall–Kier alpha value is -2.14. The van der Waals surface area contributed by atoms with E-state index in [1.165, 1.54) is 11.7 Å². The van der Waals surface area contributed by atoms with E-state index in [4.69, 9.17) is 11.6 Å². The molecule has 5 nitrogen and oxygen atoms in total. The molecule has 3 aromatic rings. The Labute approximate surface area is 128 Å². The van der Waals surface area contributed by atoms with Gasteiger partial charge in [0.05, 0.1) is 23.4 Å². The van der Waals surface area contributed by atoms with Crippen molar-refractivity contribution in [1.82, 2.24) is 19.5 Å². The molecular formula is C15H16ClN5. The van der Waals surface area contributed by atoms with Crippen LogP contribution < -0.4 is 5.32 Å². The molecule has 21 heavy (non-hydrogen) atoms. The minimum atomic E-state index is 0.398. The SMILES string of the molecule is Cn1c(CCCNc2cncc(Cl)n2)nc2ccccc21. The van der Waals surface area contributed by atoms with Gasteiger partial charge in [-0.05, 0) is 18.6 Å². The quantitative estimate of drug-likeness (QED) is 0.736. The minimum Gasteiger partial charge on any atom is -0.369 e. The molecule has 0 aliphatic heterocycles. The number of rotatable bonds is 5. The molecule has 0 unspecified atom stereocenters. The molecule has 0 amide bonds. The van der Waals surface area contributed by atoms with E-state index in [9.17, 15) is 0 Å². The largest absolute Gasteiger partial charge is 0.369 e. The Kier molecular flexibility index (Phi) is 4.01. The predicted octanol–water partition coefficient (Wildman–Crippen LogP) is 3.06. The maximum absolute atomic E-state index is 5.79. The van der Waals surface area contributed by atoms with Crippen LogP contribution in [0.1, 0.15) is 12.2 Å². The van der Waals surface area contributed by atoms with Gasteiger partial charge >= 0.3 is 0 Å². The summed E-state index contributed by atoms with van der Waals surface area (Å²) in [7, 11) is 2.06. The molecule has 0 spiro atoms. The molecular weight excluding hydrogens is 286 g/mol. The maximum Gasteiger partial charge on any atom is 0.149 e. The Bertz CT molecular complexity index is 753. The number of imidazole rings is 1. The molecule has 2 aromatic heterocycles. The van der Waals surface area contributed by atoms with Gasteiger partial charge in [-0.15, -0.1) is 0 Å². The zero-order chi connectivity index (χ0) is 14.7. The van der Waals surface area contributed by atoms with Gasteiger partial charge in [0.1, 0.15) is 16.8 Å². The average Bonchev–Trinajstić information content (AvgIpc) is 2.81. The molecule has 0 bridgehead atoms. The molecule has 108 valence electrons. The van der Waals surface area contributed by atoms with Gasteiger partial charge in [-0.1, -0.05) is 23.7 Å². The van der Waals surface area contributed by atoms with Crippen LogP contribution in [-0.4, -0.2) is 26.1 Å². The Morgan fingerprint density at radius 2 is 2.05 bits per heavy atom. The second-order valence-electron chi connectivity index (χ2n) is 4.83. The highest BCUT2D eigenvalue weighted by Gasteiger charge is 2.06. The highest BCUT2D eigenvalue weighted by Crippen LogP contribution is 2.15. The lowest BCUT2D eigenvalue weighted by Gasteiger charge is -2.05. The summed E-state index contributed by atoms with van der Waals surface area (Å²) in [4.78, 5) is 12.8. The number of anilines is 1. The Morgan fingerprint density at radius 1 is 1.19 bits per heavy atom. The van der Waals surface area contributed by atoms with E-state index in [0.29, 0.717) is 11.0 Å². The third kappa shape index (κ3) is 3.13. The third-order valence-electron chi connectivity index (χ3n) is 3.37. The first-order chi connectivity index (χ1) is 10.2. The van der Waals surface area contributed by atoms with Gasteiger partial charge in [0.2, 0.25) is 0 Å². The molecule has 0 radical (unpaired) electrons. The van der Waals surface area contributed by atoms with Crippen LogP contribution in [0, 0.1) is 0 Å². The van der Waals surface area contributed by atoms with Gasteiger partial charge in [-0.2, -0.15) is 0 Å². The van der Waals surface area contributed by atoms with Gasteiger partial charge in [-0.25, -0.2) is 9.97 Å². The number of aryl methyl sites for hydroxylation is 2. The number of hydrogen-bond donors (Lipinski definition) is 1. The maximum atomic E-state index is 5.79. The fourth-order valence-electron chi connectivity index (χ4n) is 2.31. The zero-order valence-electron chi connectivity index (χ0n) is 11.8. The molecule has 1 N–H and O–H groups in total. The second-order valence-corrected chi connectivity index (χ2v) is 5.22. The topological polar surface area (TPSA) is 55.6 Å². The van der Waals surface area contributed by atoms with Crippen LogP contribution in [0.3, 0.4) is 0 Å². The molecule has 0 atom stereocenters. The van der Waals surface area contributed by atoms with E-state index in [1.54, 1.807) is 6.20 Å². The standard InChI is InChI=1S/C15H16ClN5/c1-21-12-6-3-2-5-11(12)19-15(21)7-4-8-18-14-10-17-9-13(16)20-14/h2-3,5-6,9-10H,4,7-8H2,1H3,(H,18,20). The van der Waals surface area contributed by atoms with Crippen molar-refractivity contribution < 1.29 is 0 Å². The monoisotopic (exact) mass is 301 g/mol. The summed E-state index contributed by atoms with van der Waals surface area (Å²) in [6, 6.07) is 8.18. The second kappa shape index (κ2) is 6.10. The molecule has 0 aliphatic carbocycles. The fraction of sp³-hybridized carbons (Fsp3) is 0.267. The summed E-state index contributed by atoms with van der Waals surface area (Å²) in [5.74, 6) is 1.79. The van der Waals surface area contributed by atoms with Crippen LogP contribution in [0.2, 0.25) is 5.15 Å². The number of aromatic nitrogens is 4. The van der Waals surface area contributed by atoms with Gasteiger partial charge in [0.25, 0.3) is 0 Å². The first kappa shape index (κ1) is 13.8. The normalized spacial score (nSPS) is 11.0. The zero-order valence-corrected chi connectivity index (χ0v) is 12.5. The first-order valence-corrected chi connectivity index (χ1v) is 7.23. The lowest BCUT2D eigenvalue weighted by Crippen LogP contribution is -2.07. The fourth-order valence-corrected chi connectivity index (χ4v) is 2.46. The van der Waals surface area contributed by atoms with E-state index in [-0.39, 0.29) is 0 Å². The van der Waals surface area contributed by atoms with Crippen molar-refractivity contribution in [3.63, 3.8) is 0 Å². The van der Waals surface area contributed by atoms with Crippen LogP contribution in [0.25, 0.3) is 11.0 Å². The molecule has 2 heterocycles. The lowest BCUT2D eigenvalue weighted by molar-refractivity contribution is 0.752. The summed E-state index contributed by atoms with van der Waals surface area (Å²) in [5.41, 5.74) is 2.21. The molecule has 0 saturated heterocycles. The van der Waals surface area contributed by atoms with Crippen LogP contribution >= 0.6 is 11.6 Å². The van der Waals surface area contributed by atoms with Gasteiger partial charge < -0.3 is 9.88 Å². The summed E-state index contributed by atoms with van der Waals surface area (Å²) in [6.07, 6.45) is 5.06. The molecule has 0 fully saturated rings. The summed E-state index contributed by atoms with van der Waals surface area (Å²) < 4.78 is 2.15. The lowest BCUT2D eigenvalue weighted by atomic mass is 10.3. The van der Waals surface area contributed by atoms with E-state index in [0.717, 1.165) is 30.7 Å². The number of nitrogens with zero attached hydrogens (tertiary/aromatic N) is 4. The Morgan fingerprint density at radius 3 is 2.86 bits per heavy atom. The van der Waals surface area contributed by atoms with Gasteiger partial charge in [0, 0.05) is 20.0 Å². The van der Waals surface area contributed by atoms with Crippen molar-refractivity contribution in [2.24, 2.45) is 7.05 Å². The predicted molar refractivity (Wildman–Crippen MR) is 84.6 cm³/mol. The minimum absolute atomic E-state index is 0.398. The molecule has 0 saturated carbocycles. The Balaban J connectivity index is 1.58. The van der Waals surface area contributed by atoms with Crippen LogP contribution in [0.15, 0.2) is 36.7 Å². The van der Waals surface area contributed by atoms with Crippen molar-refractivity contribution in [3.8, 4) is 0 Å². The summed E-state index contributed by atoms with van der Waals surface area (Å²) in [5, 5.41) is 3.61. The average molecular weight is 302 g/mol. The summed E-state index contributed by atoms with van der Waals surface area (Å²) in [6.45, 7) is 0.804. The van der Waals surface area contributed by atoms with Crippen molar-refractivity contribution in [3.05, 3.63) is 47.6 Å². The van der Waals surface area contributed by atoms with Crippen molar-refractivity contribution in [2.75, 3.05) is 11.9 Å². The number of benzene rings is 1. The van der Waals surface area contributed by atoms with Gasteiger partial charge in [0.15, 0.2) is 0 Å². The highest BCUT2D eigenvalue weighted by atomic mass is 35.5. The smallest absolute Gasteiger partial charge is 0.149 e. The first-order valence-electron chi connectivity index (χ1n) is 6.86. The highest BCUT2D eigenvalue weighted by molar-refractivity contribution is 6.29. The van der Waals surface area contributed by atoms with Crippen molar-refractivity contribution >= 4 is 28.5 Å². The van der Waals surface area contributed by atoms with E-state index >= 15 is 0 Å². The van der Waals surface area contributed by atoms with E-state index in [1.807, 2.05) is 18.2 Å². The molecule has 3 rings (SSSR count). The van der Waals surface area contributed by atoms with Gasteiger partial charge in [-0.3, -0.25) is 4.98 Å². The number of hydrogen-bond acceptors (Lipinski definition) is 4. The van der Waals surface area contributed by atoms with Crippen molar-refractivity contribution in [1.29, 1.82) is 0 Å². The number of fused-ring (bicyclic) bond motifs is 1. The van der Waals surface area contributed by atoms with E-state index < -0.39 is 0 Å². The third-order valence-corrected chi connectivity index (χ3v) is 3.55. The van der Waals surface area contributed by atoms with Crippen molar-refractivity contribution in [2.45, 2.75) is 12.8 Å². The number of nitrogens with one attached hydrogen (secondary N) is 1. The molecule has 0 aliphatic rings. The number of para-hydroxylation sites is 2. The number of halogens is 1. The van der Waals surface area contributed by atoms with Crippen LogP contribution in [0.4, 0.5) is 5.82 Å². The summed E-state index contributed by atoms with van der Waals surface area (Å²) >= 11 is 5.79. The van der Waals surface area contributed by atoms with Crippen LogP contribution in [-0.2, 0) is 13.5 Å². The molecule has 1 aromatic carbocycles. The molecule has 6 heteroatoms. The van der Waals surface area contributed by atoms with E-state index in [2.05, 4.69) is 37.9 Å².